The molecule has 0 fully saturated rings. The van der Waals surface area contributed by atoms with Crippen LogP contribution in [0.15, 0.2) is 0 Å². The fourth-order valence-corrected chi connectivity index (χ4v) is 4.07. The second-order valence-corrected chi connectivity index (χ2v) is 10.1. The van der Waals surface area contributed by atoms with Gasteiger partial charge in [0.25, 0.3) is 0 Å². The summed E-state index contributed by atoms with van der Waals surface area (Å²) in [5.74, 6) is 2.79. The summed E-state index contributed by atoms with van der Waals surface area (Å²) in [5.41, 5.74) is 0. The average Bonchev–Trinajstić information content (AvgIpc) is 2.51. The smallest absolute Gasteiger partial charge is 0.223 e. The van der Waals surface area contributed by atoms with Crippen LogP contribution in [-0.4, -0.2) is 18.6 Å². The first kappa shape index (κ1) is 24.9. The fourth-order valence-electron chi connectivity index (χ4n) is 3.84. The number of carbonyl (C=O) groups is 1. The molecule has 0 aromatic carbocycles. The lowest BCUT2D eigenvalue weighted by Gasteiger charge is -2.38. The number of nitrogens with one attached hydrogen (secondary N) is 1. The van der Waals surface area contributed by atoms with Gasteiger partial charge < -0.3 is 5.32 Å². The van der Waals surface area contributed by atoms with Gasteiger partial charge in [-0.3, -0.25) is 4.79 Å². The van der Waals surface area contributed by atoms with Crippen molar-refractivity contribution in [3.05, 3.63) is 0 Å². The summed E-state index contributed by atoms with van der Waals surface area (Å²) in [6.07, 6.45) is 2.53. The van der Waals surface area contributed by atoms with E-state index in [2.05, 4.69) is 67.6 Å². The minimum absolute atomic E-state index is 0.0263. The van der Waals surface area contributed by atoms with Gasteiger partial charge in [0.2, 0.25) is 5.91 Å². The molecule has 0 rings (SSSR count). The number of rotatable bonds is 11. The highest BCUT2D eigenvalue weighted by Crippen LogP contribution is 2.42. The van der Waals surface area contributed by atoms with Gasteiger partial charge in [-0.2, -0.15) is 12.6 Å². The minimum Gasteiger partial charge on any atom is -0.345 e. The van der Waals surface area contributed by atoms with Gasteiger partial charge in [-0.25, -0.2) is 0 Å². The van der Waals surface area contributed by atoms with Crippen molar-refractivity contribution in [1.82, 2.24) is 5.32 Å². The molecule has 0 aromatic heterocycles. The Hall–Kier alpha value is -0.115. The summed E-state index contributed by atoms with van der Waals surface area (Å²) in [6, 6.07) is 0. The molecule has 0 spiro atoms. The highest BCUT2D eigenvalue weighted by Gasteiger charge is 2.34. The molecule has 4 heteroatoms. The Morgan fingerprint density at radius 3 is 2.04 bits per heavy atom. The fraction of sp³-hybridized carbons (Fsp3) is 0.952. The van der Waals surface area contributed by atoms with Crippen LogP contribution < -0.4 is 5.32 Å². The van der Waals surface area contributed by atoms with Crippen LogP contribution in [0, 0.1) is 29.6 Å². The molecular weight excluding hydrogens is 325 g/mol. The second kappa shape index (κ2) is 10.9. The van der Waals surface area contributed by atoms with Gasteiger partial charge in [0.15, 0.2) is 0 Å². The van der Waals surface area contributed by atoms with Crippen LogP contribution in [0.3, 0.4) is 0 Å². The zero-order chi connectivity index (χ0) is 19.9. The van der Waals surface area contributed by atoms with Crippen LogP contribution in [0.1, 0.15) is 82.1 Å². The van der Waals surface area contributed by atoms with Gasteiger partial charge >= 0.3 is 0 Å². The number of hydrogen-bond donors (Lipinski definition) is 2. The number of amides is 1. The van der Waals surface area contributed by atoms with Gasteiger partial charge in [0, 0.05) is 5.92 Å². The minimum atomic E-state index is -0.0812. The zero-order valence-electron chi connectivity index (χ0n) is 18.5. The van der Waals surface area contributed by atoms with Gasteiger partial charge in [-0.15, -0.1) is 0 Å². The molecule has 0 aromatic rings. The Kier molecular flexibility index (Phi) is 10.8. The molecule has 0 aliphatic rings. The molecule has 0 aliphatic heterocycles. The van der Waals surface area contributed by atoms with E-state index in [1.807, 2.05) is 6.92 Å². The largest absolute Gasteiger partial charge is 0.345 e. The molecule has 0 aliphatic carbocycles. The number of carbonyl (C=O) groups excluding carboxylic acids is 1. The molecule has 1 N–H and O–H groups in total. The third-order valence-electron chi connectivity index (χ3n) is 6.76. The van der Waals surface area contributed by atoms with Crippen molar-refractivity contribution < 1.29 is 4.79 Å². The monoisotopic (exact) mass is 369 g/mol. The van der Waals surface area contributed by atoms with Crippen LogP contribution in [0.2, 0.25) is 11.1 Å². The molecule has 25 heavy (non-hydrogen) atoms. The highest BCUT2D eigenvalue weighted by atomic mass is 32.1. The van der Waals surface area contributed by atoms with Crippen molar-refractivity contribution in [3.8, 4) is 0 Å². The van der Waals surface area contributed by atoms with E-state index < -0.39 is 0 Å². The van der Waals surface area contributed by atoms with Crippen molar-refractivity contribution >= 4 is 25.8 Å². The summed E-state index contributed by atoms with van der Waals surface area (Å²) in [7, 11) is 1.07. The predicted octanol–water partition coefficient (Wildman–Crippen LogP) is 5.80. The molecule has 0 heterocycles. The average molecular weight is 369 g/mol. The molecule has 1 amide bonds. The van der Waals surface area contributed by atoms with E-state index in [9.17, 15) is 4.79 Å². The molecule has 2 nitrogen and oxygen atoms in total. The van der Waals surface area contributed by atoms with E-state index in [-0.39, 0.29) is 22.5 Å². The molecule has 0 saturated carbocycles. The summed E-state index contributed by atoms with van der Waals surface area (Å²) >= 11 is 4.72. The number of hydrogen-bond acceptors (Lipinski definition) is 2. The SMILES string of the molecule is CCCC(C)C(C)C(C)(C)BC(C)C(S)NC(=O)C(C)C(C)C(C)C. The molecule has 6 unspecified atom stereocenters. The van der Waals surface area contributed by atoms with Gasteiger partial charge in [-0.05, 0) is 29.5 Å². The van der Waals surface area contributed by atoms with E-state index in [0.717, 1.165) is 13.2 Å². The van der Waals surface area contributed by atoms with Crippen molar-refractivity contribution in [1.29, 1.82) is 0 Å². The molecule has 0 radical (unpaired) electrons. The summed E-state index contributed by atoms with van der Waals surface area (Å²) in [6.45, 7) is 22.5. The van der Waals surface area contributed by atoms with Crippen LogP contribution >= 0.6 is 12.6 Å². The maximum Gasteiger partial charge on any atom is 0.223 e. The quantitative estimate of drug-likeness (QED) is 0.269. The van der Waals surface area contributed by atoms with E-state index in [4.69, 9.17) is 12.6 Å². The Labute approximate surface area is 164 Å². The Balaban J connectivity index is 4.73. The van der Waals surface area contributed by atoms with Gasteiger partial charge in [0.05, 0.1) is 5.37 Å². The lowest BCUT2D eigenvalue weighted by Crippen LogP contribution is -2.42. The lowest BCUT2D eigenvalue weighted by atomic mass is 9.42. The summed E-state index contributed by atoms with van der Waals surface area (Å²) < 4.78 is 0. The van der Waals surface area contributed by atoms with Crippen molar-refractivity contribution in [2.75, 3.05) is 0 Å². The van der Waals surface area contributed by atoms with E-state index in [0.29, 0.717) is 23.6 Å². The zero-order valence-corrected chi connectivity index (χ0v) is 19.4. The van der Waals surface area contributed by atoms with Crippen molar-refractivity contribution in [2.45, 2.75) is 98.6 Å². The number of thiol groups is 1. The first-order chi connectivity index (χ1) is 11.3. The molecule has 0 saturated heterocycles. The first-order valence-corrected chi connectivity index (χ1v) is 10.8. The first-order valence-electron chi connectivity index (χ1n) is 10.3. The highest BCUT2D eigenvalue weighted by molar-refractivity contribution is 7.81. The Bertz CT molecular complexity index is 399. The van der Waals surface area contributed by atoms with Crippen LogP contribution in [0.4, 0.5) is 0 Å². The molecule has 0 bridgehead atoms. The molecule has 6 atom stereocenters. The Morgan fingerprint density at radius 2 is 1.60 bits per heavy atom. The summed E-state index contributed by atoms with van der Waals surface area (Å²) in [5, 5.41) is 3.32. The van der Waals surface area contributed by atoms with E-state index in [1.165, 1.54) is 12.8 Å². The second-order valence-electron chi connectivity index (χ2n) is 9.57. The molecule has 148 valence electrons. The van der Waals surface area contributed by atoms with Crippen LogP contribution in [-0.2, 0) is 4.79 Å². The van der Waals surface area contributed by atoms with Crippen LogP contribution in [0.25, 0.3) is 0 Å². The lowest BCUT2D eigenvalue weighted by molar-refractivity contribution is -0.126. The van der Waals surface area contributed by atoms with E-state index in [1.54, 1.807) is 0 Å². The third-order valence-corrected chi connectivity index (χ3v) is 7.40. The van der Waals surface area contributed by atoms with Crippen molar-refractivity contribution in [3.63, 3.8) is 0 Å². The maximum atomic E-state index is 12.5. The van der Waals surface area contributed by atoms with Crippen LogP contribution in [0.5, 0.6) is 0 Å². The Morgan fingerprint density at radius 1 is 1.08 bits per heavy atom. The van der Waals surface area contributed by atoms with Gasteiger partial charge in [0.1, 0.15) is 7.28 Å². The van der Waals surface area contributed by atoms with Gasteiger partial charge in [-0.1, -0.05) is 87.4 Å². The third kappa shape index (κ3) is 7.97. The maximum absolute atomic E-state index is 12.5. The molecular formula is C21H44BNOS. The van der Waals surface area contributed by atoms with Crippen molar-refractivity contribution in [2.24, 2.45) is 29.6 Å². The standard InChI is InChI=1S/C21H44BNOS/c1-11-12-14(4)17(7)21(9,10)22-18(8)20(25)23-19(24)16(6)15(5)13(2)3/h13-18,20,22,25H,11-12H2,1-10H3,(H,23,24). The van der Waals surface area contributed by atoms with E-state index >= 15 is 0 Å². The predicted molar refractivity (Wildman–Crippen MR) is 118 cm³/mol. The topological polar surface area (TPSA) is 29.1 Å². The summed E-state index contributed by atoms with van der Waals surface area (Å²) in [4.78, 5) is 12.5. The normalized spacial score (nSPS) is 19.7.